The van der Waals surface area contributed by atoms with E-state index in [2.05, 4.69) is 15.2 Å². The normalized spacial score (nSPS) is 18.1. The summed E-state index contributed by atoms with van der Waals surface area (Å²) in [7, 11) is -1.61. The van der Waals surface area contributed by atoms with Crippen molar-refractivity contribution < 1.29 is 8.42 Å². The smallest absolute Gasteiger partial charge is 0.214 e. The fourth-order valence-corrected chi connectivity index (χ4v) is 4.03. The van der Waals surface area contributed by atoms with Crippen LogP contribution in [-0.4, -0.2) is 40.7 Å². The van der Waals surface area contributed by atoms with Gasteiger partial charge in [-0.2, -0.15) is 9.40 Å². The standard InChI is InChI=1S/C12H22N4O2S/c1-10-13-12(15-14-10)8-16(2)19(17,18)9-11-6-4-3-5-7-11/h11H,3-9H2,1-2H3,(H,13,14,15). The average Bonchev–Trinajstić information content (AvgIpc) is 2.75. The van der Waals surface area contributed by atoms with Gasteiger partial charge in [0.15, 0.2) is 5.82 Å². The lowest BCUT2D eigenvalue weighted by Gasteiger charge is -2.24. The van der Waals surface area contributed by atoms with E-state index in [1.165, 1.54) is 10.7 Å². The highest BCUT2D eigenvalue weighted by Gasteiger charge is 2.25. The van der Waals surface area contributed by atoms with E-state index in [0.717, 1.165) is 25.7 Å². The van der Waals surface area contributed by atoms with Crippen LogP contribution in [0.5, 0.6) is 0 Å². The second-order valence-electron chi connectivity index (χ2n) is 5.38. The van der Waals surface area contributed by atoms with Crippen molar-refractivity contribution in [1.29, 1.82) is 0 Å². The van der Waals surface area contributed by atoms with Crippen LogP contribution in [0.4, 0.5) is 0 Å². The van der Waals surface area contributed by atoms with Gasteiger partial charge in [-0.3, -0.25) is 5.10 Å². The Balaban J connectivity index is 1.94. The van der Waals surface area contributed by atoms with Crippen LogP contribution in [-0.2, 0) is 16.6 Å². The van der Waals surface area contributed by atoms with Gasteiger partial charge in [-0.15, -0.1) is 0 Å². The van der Waals surface area contributed by atoms with E-state index in [-0.39, 0.29) is 12.3 Å². The number of H-pyrrole nitrogens is 1. The van der Waals surface area contributed by atoms with Gasteiger partial charge in [-0.25, -0.2) is 13.4 Å². The molecule has 0 aromatic carbocycles. The number of nitrogens with one attached hydrogen (secondary N) is 1. The summed E-state index contributed by atoms with van der Waals surface area (Å²) < 4.78 is 25.9. The molecule has 7 heteroatoms. The molecule has 1 aromatic heterocycles. The van der Waals surface area contributed by atoms with E-state index in [0.29, 0.717) is 17.6 Å². The van der Waals surface area contributed by atoms with Crippen molar-refractivity contribution in [1.82, 2.24) is 19.5 Å². The lowest BCUT2D eigenvalue weighted by Crippen LogP contribution is -2.32. The first kappa shape index (κ1) is 14.5. The number of hydrogen-bond donors (Lipinski definition) is 1. The van der Waals surface area contributed by atoms with E-state index in [9.17, 15) is 8.42 Å². The van der Waals surface area contributed by atoms with E-state index in [1.807, 2.05) is 0 Å². The summed E-state index contributed by atoms with van der Waals surface area (Å²) in [6.07, 6.45) is 5.62. The van der Waals surface area contributed by atoms with E-state index < -0.39 is 10.0 Å². The topological polar surface area (TPSA) is 79.0 Å². The number of aromatic nitrogens is 3. The van der Waals surface area contributed by atoms with Gasteiger partial charge in [0.2, 0.25) is 10.0 Å². The molecule has 0 spiro atoms. The number of aromatic amines is 1. The molecule has 1 aliphatic rings. The average molecular weight is 286 g/mol. The molecule has 0 bridgehead atoms. The highest BCUT2D eigenvalue weighted by atomic mass is 32.2. The van der Waals surface area contributed by atoms with E-state index in [1.54, 1.807) is 14.0 Å². The number of hydrogen-bond acceptors (Lipinski definition) is 4. The third-order valence-corrected chi connectivity index (χ3v) is 5.63. The van der Waals surface area contributed by atoms with Crippen molar-refractivity contribution in [2.75, 3.05) is 12.8 Å². The van der Waals surface area contributed by atoms with Gasteiger partial charge in [0.25, 0.3) is 0 Å². The Hall–Kier alpha value is -0.950. The Bertz CT molecular complexity index is 506. The number of sulfonamides is 1. The summed E-state index contributed by atoms with van der Waals surface area (Å²) >= 11 is 0. The van der Waals surface area contributed by atoms with Crippen LogP contribution in [0.1, 0.15) is 43.8 Å². The molecule has 2 rings (SSSR count). The Labute approximate surface area is 114 Å². The summed E-state index contributed by atoms with van der Waals surface area (Å²) in [5.74, 6) is 1.79. The van der Waals surface area contributed by atoms with Gasteiger partial charge in [-0.05, 0) is 25.7 Å². The molecule has 0 radical (unpaired) electrons. The Morgan fingerprint density at radius 3 is 2.58 bits per heavy atom. The highest BCUT2D eigenvalue weighted by Crippen LogP contribution is 2.25. The molecule has 1 saturated carbocycles. The molecular weight excluding hydrogens is 264 g/mol. The fraction of sp³-hybridized carbons (Fsp3) is 0.833. The van der Waals surface area contributed by atoms with Gasteiger partial charge in [0.1, 0.15) is 5.82 Å². The van der Waals surface area contributed by atoms with Crippen LogP contribution in [0, 0.1) is 12.8 Å². The van der Waals surface area contributed by atoms with Crippen LogP contribution in [0.15, 0.2) is 0 Å². The maximum Gasteiger partial charge on any atom is 0.214 e. The van der Waals surface area contributed by atoms with Crippen LogP contribution < -0.4 is 0 Å². The van der Waals surface area contributed by atoms with Gasteiger partial charge in [0, 0.05) is 7.05 Å². The minimum absolute atomic E-state index is 0.236. The summed E-state index contributed by atoms with van der Waals surface area (Å²) in [6, 6.07) is 0. The maximum atomic E-state index is 12.3. The summed E-state index contributed by atoms with van der Waals surface area (Å²) in [4.78, 5) is 4.14. The second kappa shape index (κ2) is 6.00. The third kappa shape index (κ3) is 4.01. The zero-order chi connectivity index (χ0) is 13.9. The van der Waals surface area contributed by atoms with Crippen LogP contribution in [0.2, 0.25) is 0 Å². The quantitative estimate of drug-likeness (QED) is 0.888. The van der Waals surface area contributed by atoms with Gasteiger partial charge in [0.05, 0.1) is 12.3 Å². The first-order chi connectivity index (χ1) is 8.97. The fourth-order valence-electron chi connectivity index (χ4n) is 2.54. The van der Waals surface area contributed by atoms with E-state index >= 15 is 0 Å². The first-order valence-electron chi connectivity index (χ1n) is 6.79. The minimum Gasteiger partial charge on any atom is -0.263 e. The van der Waals surface area contributed by atoms with Crippen LogP contribution >= 0.6 is 0 Å². The summed E-state index contributed by atoms with van der Waals surface area (Å²) in [5.41, 5.74) is 0. The number of aryl methyl sites for hydroxylation is 1. The molecular formula is C12H22N4O2S. The molecule has 1 N–H and O–H groups in total. The van der Waals surface area contributed by atoms with Gasteiger partial charge >= 0.3 is 0 Å². The molecule has 108 valence electrons. The molecule has 0 unspecified atom stereocenters. The molecule has 0 amide bonds. The van der Waals surface area contributed by atoms with Crippen molar-refractivity contribution in [2.45, 2.75) is 45.6 Å². The molecule has 1 heterocycles. The monoisotopic (exact) mass is 286 g/mol. The molecule has 0 saturated heterocycles. The van der Waals surface area contributed by atoms with E-state index in [4.69, 9.17) is 0 Å². The van der Waals surface area contributed by atoms with Crippen molar-refractivity contribution in [3.05, 3.63) is 11.6 Å². The van der Waals surface area contributed by atoms with Crippen molar-refractivity contribution >= 4 is 10.0 Å². The molecule has 19 heavy (non-hydrogen) atoms. The highest BCUT2D eigenvalue weighted by molar-refractivity contribution is 7.89. The third-order valence-electron chi connectivity index (χ3n) is 3.65. The summed E-state index contributed by atoms with van der Waals surface area (Å²) in [6.45, 7) is 2.03. The largest absolute Gasteiger partial charge is 0.263 e. The molecule has 1 aliphatic carbocycles. The maximum absolute atomic E-state index is 12.3. The zero-order valence-corrected chi connectivity index (χ0v) is 12.4. The Morgan fingerprint density at radius 2 is 2.00 bits per heavy atom. The minimum atomic E-state index is -3.21. The number of rotatable bonds is 5. The Morgan fingerprint density at radius 1 is 1.32 bits per heavy atom. The van der Waals surface area contributed by atoms with Crippen LogP contribution in [0.3, 0.4) is 0 Å². The first-order valence-corrected chi connectivity index (χ1v) is 8.40. The summed E-state index contributed by atoms with van der Waals surface area (Å²) in [5, 5.41) is 6.70. The molecule has 1 aromatic rings. The number of nitrogens with zero attached hydrogens (tertiary/aromatic N) is 3. The zero-order valence-electron chi connectivity index (χ0n) is 11.6. The second-order valence-corrected chi connectivity index (χ2v) is 7.50. The SMILES string of the molecule is Cc1nc(CN(C)S(=O)(=O)CC2CCCCC2)n[nH]1. The molecule has 6 nitrogen and oxygen atoms in total. The predicted octanol–water partition coefficient (Wildman–Crippen LogP) is 1.46. The van der Waals surface area contributed by atoms with Gasteiger partial charge < -0.3 is 0 Å². The van der Waals surface area contributed by atoms with Crippen molar-refractivity contribution in [3.8, 4) is 0 Å². The Kier molecular flexibility index (Phi) is 4.57. The predicted molar refractivity (Wildman–Crippen MR) is 72.9 cm³/mol. The molecule has 0 aliphatic heterocycles. The van der Waals surface area contributed by atoms with Crippen molar-refractivity contribution in [3.63, 3.8) is 0 Å². The van der Waals surface area contributed by atoms with Crippen LogP contribution in [0.25, 0.3) is 0 Å². The lowest BCUT2D eigenvalue weighted by atomic mass is 9.91. The van der Waals surface area contributed by atoms with Crippen molar-refractivity contribution in [2.24, 2.45) is 5.92 Å². The lowest BCUT2D eigenvalue weighted by molar-refractivity contribution is 0.373. The van der Waals surface area contributed by atoms with Gasteiger partial charge in [-0.1, -0.05) is 19.3 Å². The molecule has 1 fully saturated rings. The molecule has 0 atom stereocenters.